The number of benzene rings is 1. The molecule has 0 aliphatic carbocycles. The molecule has 6 heteroatoms. The van der Waals surface area contributed by atoms with Gasteiger partial charge in [-0.25, -0.2) is 0 Å². The number of nitrogens with two attached hydrogens (primary N) is 1. The number of halogens is 1. The fourth-order valence-corrected chi connectivity index (χ4v) is 2.34. The Labute approximate surface area is 122 Å². The van der Waals surface area contributed by atoms with Crippen LogP contribution in [0.25, 0.3) is 0 Å². The summed E-state index contributed by atoms with van der Waals surface area (Å²) in [5, 5.41) is 3.19. The van der Waals surface area contributed by atoms with Crippen molar-refractivity contribution in [2.45, 2.75) is 25.4 Å². The predicted molar refractivity (Wildman–Crippen MR) is 79.6 cm³/mol. The summed E-state index contributed by atoms with van der Waals surface area (Å²) in [6.45, 7) is 0.737. The van der Waals surface area contributed by atoms with Crippen LogP contribution >= 0.6 is 23.8 Å². The van der Waals surface area contributed by atoms with Crippen LogP contribution < -0.4 is 11.1 Å². The second-order valence-corrected chi connectivity index (χ2v) is 5.29. The van der Waals surface area contributed by atoms with Gasteiger partial charge in [-0.2, -0.15) is 0 Å². The highest BCUT2D eigenvalue weighted by molar-refractivity contribution is 7.80. The Hall–Kier alpha value is -1.17. The molecule has 2 rings (SSSR count). The highest BCUT2D eigenvalue weighted by Crippen LogP contribution is 2.24. The van der Waals surface area contributed by atoms with E-state index in [0.29, 0.717) is 22.7 Å². The summed E-state index contributed by atoms with van der Waals surface area (Å²) in [6, 6.07) is 5.08. The van der Waals surface area contributed by atoms with Gasteiger partial charge < -0.3 is 15.8 Å². The van der Waals surface area contributed by atoms with E-state index in [-0.39, 0.29) is 17.0 Å². The molecule has 1 aliphatic rings. The molecule has 0 spiro atoms. The minimum absolute atomic E-state index is 0.0228. The van der Waals surface area contributed by atoms with E-state index >= 15 is 0 Å². The normalized spacial score (nSPS) is 18.3. The second kappa shape index (κ2) is 6.32. The Morgan fingerprint density at radius 1 is 1.58 bits per heavy atom. The van der Waals surface area contributed by atoms with Crippen molar-refractivity contribution >= 4 is 40.4 Å². The summed E-state index contributed by atoms with van der Waals surface area (Å²) in [4.78, 5) is 12.1. The first-order valence-electron chi connectivity index (χ1n) is 6.07. The van der Waals surface area contributed by atoms with Gasteiger partial charge in [0.15, 0.2) is 0 Å². The average molecular weight is 299 g/mol. The maximum absolute atomic E-state index is 11.8. The Kier molecular flexibility index (Phi) is 4.74. The first kappa shape index (κ1) is 14.2. The predicted octanol–water partition coefficient (Wildman–Crippen LogP) is 2.48. The van der Waals surface area contributed by atoms with E-state index in [4.69, 9.17) is 34.3 Å². The lowest BCUT2D eigenvalue weighted by Gasteiger charge is -2.11. The number of ether oxygens (including phenoxy) is 1. The fourth-order valence-electron chi connectivity index (χ4n) is 1.98. The summed E-state index contributed by atoms with van der Waals surface area (Å²) >= 11 is 10.9. The molecule has 102 valence electrons. The lowest BCUT2D eigenvalue weighted by molar-refractivity contribution is -0.118. The third kappa shape index (κ3) is 3.89. The van der Waals surface area contributed by atoms with Crippen molar-refractivity contribution in [3.05, 3.63) is 28.8 Å². The zero-order valence-corrected chi connectivity index (χ0v) is 11.9. The SMILES string of the molecule is NC(=S)c1ccc(NC(=O)CC2CCCO2)c(Cl)c1. The molecule has 4 nitrogen and oxygen atoms in total. The van der Waals surface area contributed by atoms with Crippen molar-refractivity contribution in [3.8, 4) is 0 Å². The van der Waals surface area contributed by atoms with Crippen molar-refractivity contribution in [2.24, 2.45) is 5.73 Å². The molecule has 1 saturated heterocycles. The summed E-state index contributed by atoms with van der Waals surface area (Å²) in [5.74, 6) is -0.100. The maximum Gasteiger partial charge on any atom is 0.227 e. The molecule has 3 N–H and O–H groups in total. The molecule has 1 fully saturated rings. The van der Waals surface area contributed by atoms with Gasteiger partial charge in [-0.15, -0.1) is 0 Å². The Morgan fingerprint density at radius 2 is 2.37 bits per heavy atom. The molecular weight excluding hydrogens is 284 g/mol. The minimum atomic E-state index is -0.100. The molecule has 0 saturated carbocycles. The highest BCUT2D eigenvalue weighted by atomic mass is 35.5. The average Bonchev–Trinajstić information content (AvgIpc) is 2.84. The van der Waals surface area contributed by atoms with Crippen molar-refractivity contribution in [3.63, 3.8) is 0 Å². The van der Waals surface area contributed by atoms with Gasteiger partial charge in [0.2, 0.25) is 5.91 Å². The van der Waals surface area contributed by atoms with E-state index in [0.717, 1.165) is 19.4 Å². The van der Waals surface area contributed by atoms with Gasteiger partial charge in [-0.1, -0.05) is 23.8 Å². The molecule has 0 bridgehead atoms. The zero-order valence-electron chi connectivity index (χ0n) is 10.3. The molecule has 1 aromatic rings. The Bertz CT molecular complexity index is 501. The number of carbonyl (C=O) groups excluding carboxylic acids is 1. The molecule has 0 aromatic heterocycles. The van der Waals surface area contributed by atoms with Gasteiger partial charge in [0.05, 0.1) is 23.2 Å². The molecule has 1 unspecified atom stereocenters. The van der Waals surface area contributed by atoms with Crippen LogP contribution in [0.2, 0.25) is 5.02 Å². The number of anilines is 1. The number of carbonyl (C=O) groups is 1. The largest absolute Gasteiger partial charge is 0.389 e. The summed E-state index contributed by atoms with van der Waals surface area (Å²) in [6.07, 6.45) is 2.32. The second-order valence-electron chi connectivity index (χ2n) is 4.45. The van der Waals surface area contributed by atoms with Crippen LogP contribution in [0, 0.1) is 0 Å². The van der Waals surface area contributed by atoms with E-state index in [2.05, 4.69) is 5.32 Å². The lowest BCUT2D eigenvalue weighted by Crippen LogP contribution is -2.19. The lowest BCUT2D eigenvalue weighted by atomic mass is 10.1. The number of rotatable bonds is 4. The monoisotopic (exact) mass is 298 g/mol. The Balaban J connectivity index is 1.98. The van der Waals surface area contributed by atoms with Gasteiger partial charge in [-0.05, 0) is 31.0 Å². The highest BCUT2D eigenvalue weighted by Gasteiger charge is 2.19. The van der Waals surface area contributed by atoms with Gasteiger partial charge in [0.25, 0.3) is 0 Å². The third-order valence-electron chi connectivity index (χ3n) is 2.96. The quantitative estimate of drug-likeness (QED) is 0.838. The van der Waals surface area contributed by atoms with Gasteiger partial charge in [0.1, 0.15) is 4.99 Å². The Morgan fingerprint density at radius 3 is 2.95 bits per heavy atom. The minimum Gasteiger partial charge on any atom is -0.389 e. The van der Waals surface area contributed by atoms with Crippen LogP contribution in [0.3, 0.4) is 0 Å². The van der Waals surface area contributed by atoms with Crippen LogP contribution in [0.4, 0.5) is 5.69 Å². The van der Waals surface area contributed by atoms with E-state index in [1.807, 2.05) is 0 Å². The number of hydrogen-bond acceptors (Lipinski definition) is 3. The first-order valence-corrected chi connectivity index (χ1v) is 6.85. The van der Waals surface area contributed by atoms with E-state index < -0.39 is 0 Å². The smallest absolute Gasteiger partial charge is 0.227 e. The van der Waals surface area contributed by atoms with Crippen LogP contribution in [0.15, 0.2) is 18.2 Å². The van der Waals surface area contributed by atoms with Gasteiger partial charge >= 0.3 is 0 Å². The molecular formula is C13H15ClN2O2S. The summed E-state index contributed by atoms with van der Waals surface area (Å²) in [7, 11) is 0. The number of nitrogens with one attached hydrogen (secondary N) is 1. The van der Waals surface area contributed by atoms with Gasteiger partial charge in [0, 0.05) is 12.2 Å². The molecule has 1 atom stereocenters. The summed E-state index contributed by atoms with van der Waals surface area (Å²) < 4.78 is 5.41. The topological polar surface area (TPSA) is 64.3 Å². The number of amides is 1. The molecule has 1 aliphatic heterocycles. The molecule has 1 aromatic carbocycles. The van der Waals surface area contributed by atoms with E-state index in [9.17, 15) is 4.79 Å². The van der Waals surface area contributed by atoms with Crippen molar-refractivity contribution < 1.29 is 9.53 Å². The van der Waals surface area contributed by atoms with Crippen LogP contribution in [0.5, 0.6) is 0 Å². The molecule has 1 amide bonds. The third-order valence-corrected chi connectivity index (χ3v) is 3.51. The van der Waals surface area contributed by atoms with Crippen molar-refractivity contribution in [1.29, 1.82) is 0 Å². The fraction of sp³-hybridized carbons (Fsp3) is 0.385. The molecule has 1 heterocycles. The first-order chi connectivity index (χ1) is 9.06. The van der Waals surface area contributed by atoms with Crippen molar-refractivity contribution in [2.75, 3.05) is 11.9 Å². The van der Waals surface area contributed by atoms with Crippen LogP contribution in [0.1, 0.15) is 24.8 Å². The van der Waals surface area contributed by atoms with Gasteiger partial charge in [-0.3, -0.25) is 4.79 Å². The zero-order chi connectivity index (χ0) is 13.8. The van der Waals surface area contributed by atoms with Crippen LogP contribution in [-0.4, -0.2) is 23.6 Å². The van der Waals surface area contributed by atoms with Crippen LogP contribution in [-0.2, 0) is 9.53 Å². The van der Waals surface area contributed by atoms with E-state index in [1.54, 1.807) is 18.2 Å². The number of thiocarbonyl (C=S) groups is 1. The molecule has 19 heavy (non-hydrogen) atoms. The molecule has 0 radical (unpaired) electrons. The summed E-state index contributed by atoms with van der Waals surface area (Å²) in [5.41, 5.74) is 6.75. The van der Waals surface area contributed by atoms with E-state index in [1.165, 1.54) is 0 Å². The van der Waals surface area contributed by atoms with Crippen molar-refractivity contribution in [1.82, 2.24) is 0 Å². The number of hydrogen-bond donors (Lipinski definition) is 2. The standard InChI is InChI=1S/C13H15ClN2O2S/c14-10-6-8(13(15)19)3-4-11(10)16-12(17)7-9-2-1-5-18-9/h3-4,6,9H,1-2,5,7H2,(H2,15,19)(H,16,17). The maximum atomic E-state index is 11.8.